The first-order valence-electron chi connectivity index (χ1n) is 10.3. The fourth-order valence-electron chi connectivity index (χ4n) is 3.53. The molecule has 0 saturated carbocycles. The van der Waals surface area contributed by atoms with E-state index in [1.165, 1.54) is 0 Å². The van der Waals surface area contributed by atoms with Crippen molar-refractivity contribution in [1.82, 2.24) is 14.9 Å². The van der Waals surface area contributed by atoms with Crippen LogP contribution < -0.4 is 10.2 Å². The quantitative estimate of drug-likeness (QED) is 0.669. The molecule has 1 aromatic carbocycles. The lowest BCUT2D eigenvalue weighted by molar-refractivity contribution is -0.117. The van der Waals surface area contributed by atoms with E-state index in [1.54, 1.807) is 29.1 Å². The summed E-state index contributed by atoms with van der Waals surface area (Å²) in [6, 6.07) is 15.5. The van der Waals surface area contributed by atoms with Gasteiger partial charge in [0.2, 0.25) is 5.91 Å². The number of rotatable bonds is 6. The molecular formula is C24H25N5O2. The smallest absolute Gasteiger partial charge is 0.255 e. The number of anilines is 2. The van der Waals surface area contributed by atoms with E-state index < -0.39 is 0 Å². The van der Waals surface area contributed by atoms with E-state index in [4.69, 9.17) is 0 Å². The summed E-state index contributed by atoms with van der Waals surface area (Å²) in [5, 5.41) is 3.04. The first-order valence-corrected chi connectivity index (χ1v) is 10.3. The van der Waals surface area contributed by atoms with Gasteiger partial charge in [-0.15, -0.1) is 0 Å². The molecule has 7 nitrogen and oxygen atoms in total. The standard InChI is InChI=1S/C24H25N5O2/c1-3-17-9-10-20(25-12-17)16-28(2)24(31)19-11-21-23(26-13-19)27-14-22(30)29(21)15-18-7-5-4-6-8-18/h4-13H,3,14-16H2,1-2H3,(H,26,27). The number of hydrogen-bond acceptors (Lipinski definition) is 5. The lowest BCUT2D eigenvalue weighted by atomic mass is 10.1. The Bertz CT molecular complexity index is 1080. The predicted molar refractivity (Wildman–Crippen MR) is 120 cm³/mol. The molecule has 7 heteroatoms. The molecule has 3 heterocycles. The highest BCUT2D eigenvalue weighted by molar-refractivity contribution is 6.04. The highest BCUT2D eigenvalue weighted by Crippen LogP contribution is 2.30. The zero-order valence-electron chi connectivity index (χ0n) is 17.7. The van der Waals surface area contributed by atoms with Crippen LogP contribution in [-0.4, -0.2) is 40.3 Å². The minimum atomic E-state index is -0.172. The van der Waals surface area contributed by atoms with E-state index in [2.05, 4.69) is 22.2 Å². The number of carbonyl (C=O) groups is 2. The molecule has 1 aliphatic heterocycles. The molecule has 0 spiro atoms. The fraction of sp³-hybridized carbons (Fsp3) is 0.250. The third-order valence-electron chi connectivity index (χ3n) is 5.34. The van der Waals surface area contributed by atoms with E-state index in [9.17, 15) is 9.59 Å². The van der Waals surface area contributed by atoms with Gasteiger partial charge in [0.1, 0.15) is 0 Å². The molecule has 0 fully saturated rings. The summed E-state index contributed by atoms with van der Waals surface area (Å²) in [7, 11) is 1.74. The topological polar surface area (TPSA) is 78.4 Å². The number of fused-ring (bicyclic) bond motifs is 1. The van der Waals surface area contributed by atoms with Crippen LogP contribution in [0.15, 0.2) is 60.9 Å². The summed E-state index contributed by atoms with van der Waals surface area (Å²) in [4.78, 5) is 37.8. The molecule has 0 atom stereocenters. The number of nitrogens with zero attached hydrogens (tertiary/aromatic N) is 4. The van der Waals surface area contributed by atoms with E-state index in [0.717, 1.165) is 23.2 Å². The molecule has 0 unspecified atom stereocenters. The van der Waals surface area contributed by atoms with Crippen LogP contribution in [0.2, 0.25) is 0 Å². The van der Waals surface area contributed by atoms with Crippen LogP contribution in [0.25, 0.3) is 0 Å². The number of carbonyl (C=O) groups excluding carboxylic acids is 2. The molecule has 1 N–H and O–H groups in total. The van der Waals surface area contributed by atoms with Crippen LogP contribution in [0.4, 0.5) is 11.5 Å². The average Bonchev–Trinajstić information content (AvgIpc) is 2.81. The van der Waals surface area contributed by atoms with Crippen molar-refractivity contribution in [2.75, 3.05) is 23.8 Å². The van der Waals surface area contributed by atoms with E-state index in [1.807, 2.05) is 48.7 Å². The molecule has 0 bridgehead atoms. The van der Waals surface area contributed by atoms with Crippen molar-refractivity contribution < 1.29 is 9.59 Å². The third kappa shape index (κ3) is 4.55. The molecule has 0 saturated heterocycles. The first-order chi connectivity index (χ1) is 15.0. The van der Waals surface area contributed by atoms with Crippen molar-refractivity contribution in [3.8, 4) is 0 Å². The summed E-state index contributed by atoms with van der Waals surface area (Å²) in [5.41, 5.74) is 4.04. The van der Waals surface area contributed by atoms with Gasteiger partial charge in [0.05, 0.1) is 36.6 Å². The Morgan fingerprint density at radius 2 is 1.90 bits per heavy atom. The normalized spacial score (nSPS) is 12.8. The van der Waals surface area contributed by atoms with Gasteiger partial charge in [0.25, 0.3) is 5.91 Å². The second-order valence-electron chi connectivity index (χ2n) is 7.58. The third-order valence-corrected chi connectivity index (χ3v) is 5.34. The van der Waals surface area contributed by atoms with Gasteiger partial charge in [-0.2, -0.15) is 0 Å². The van der Waals surface area contributed by atoms with Crippen molar-refractivity contribution in [2.24, 2.45) is 0 Å². The Morgan fingerprint density at radius 3 is 2.61 bits per heavy atom. The highest BCUT2D eigenvalue weighted by atomic mass is 16.2. The van der Waals surface area contributed by atoms with Gasteiger partial charge in [-0.1, -0.05) is 43.3 Å². The fourth-order valence-corrected chi connectivity index (χ4v) is 3.53. The summed E-state index contributed by atoms with van der Waals surface area (Å²) in [6.45, 7) is 3.08. The van der Waals surface area contributed by atoms with Crippen molar-refractivity contribution in [3.63, 3.8) is 0 Å². The number of pyridine rings is 2. The number of aromatic nitrogens is 2. The largest absolute Gasteiger partial charge is 0.359 e. The number of benzene rings is 1. The minimum absolute atomic E-state index is 0.0590. The van der Waals surface area contributed by atoms with Crippen molar-refractivity contribution >= 4 is 23.3 Å². The van der Waals surface area contributed by atoms with Crippen LogP contribution in [0.5, 0.6) is 0 Å². The summed E-state index contributed by atoms with van der Waals surface area (Å²) >= 11 is 0. The first kappa shape index (κ1) is 20.5. The number of amides is 2. The number of nitrogens with one attached hydrogen (secondary N) is 1. The second kappa shape index (κ2) is 8.95. The maximum atomic E-state index is 13.0. The lowest BCUT2D eigenvalue weighted by Crippen LogP contribution is -2.40. The van der Waals surface area contributed by atoms with Crippen LogP contribution in [0.1, 0.15) is 34.1 Å². The summed E-state index contributed by atoms with van der Waals surface area (Å²) < 4.78 is 0. The molecule has 4 rings (SSSR count). The SMILES string of the molecule is CCc1ccc(CN(C)C(=O)c2cnc3c(c2)N(Cc2ccccc2)C(=O)CN3)nc1. The summed E-state index contributed by atoms with van der Waals surface area (Å²) in [6.07, 6.45) is 4.32. The van der Waals surface area contributed by atoms with E-state index in [-0.39, 0.29) is 18.4 Å². The lowest BCUT2D eigenvalue weighted by Gasteiger charge is -2.30. The second-order valence-corrected chi connectivity index (χ2v) is 7.58. The molecule has 2 amide bonds. The van der Waals surface area contributed by atoms with Gasteiger partial charge in [-0.3, -0.25) is 14.6 Å². The van der Waals surface area contributed by atoms with Crippen molar-refractivity contribution in [1.29, 1.82) is 0 Å². The van der Waals surface area contributed by atoms with Crippen molar-refractivity contribution in [2.45, 2.75) is 26.4 Å². The molecule has 31 heavy (non-hydrogen) atoms. The molecule has 3 aromatic rings. The molecule has 0 radical (unpaired) electrons. The zero-order chi connectivity index (χ0) is 21.8. The Balaban J connectivity index is 1.55. The zero-order valence-corrected chi connectivity index (χ0v) is 17.7. The molecule has 0 aliphatic carbocycles. The molecule has 1 aliphatic rings. The van der Waals surface area contributed by atoms with Crippen molar-refractivity contribution in [3.05, 3.63) is 83.3 Å². The van der Waals surface area contributed by atoms with Gasteiger partial charge in [0.15, 0.2) is 5.82 Å². The molecular weight excluding hydrogens is 390 g/mol. The average molecular weight is 415 g/mol. The Labute approximate surface area is 181 Å². The molecule has 158 valence electrons. The van der Waals surface area contributed by atoms with E-state index in [0.29, 0.717) is 30.2 Å². The van der Waals surface area contributed by atoms with Gasteiger partial charge < -0.3 is 15.1 Å². The van der Waals surface area contributed by atoms with Gasteiger partial charge in [0, 0.05) is 19.4 Å². The van der Waals surface area contributed by atoms with E-state index >= 15 is 0 Å². The summed E-state index contributed by atoms with van der Waals surface area (Å²) in [5.74, 6) is 0.372. The monoisotopic (exact) mass is 415 g/mol. The Kier molecular flexibility index (Phi) is 5.93. The maximum absolute atomic E-state index is 13.0. The Morgan fingerprint density at radius 1 is 1.10 bits per heavy atom. The Hall–Kier alpha value is -3.74. The predicted octanol–water partition coefficient (Wildman–Crippen LogP) is 3.27. The van der Waals surface area contributed by atoms with Gasteiger partial charge in [-0.25, -0.2) is 4.98 Å². The van der Waals surface area contributed by atoms with Gasteiger partial charge >= 0.3 is 0 Å². The minimum Gasteiger partial charge on any atom is -0.359 e. The molecule has 2 aromatic heterocycles. The maximum Gasteiger partial charge on any atom is 0.255 e. The number of hydrogen-bond donors (Lipinski definition) is 1. The highest BCUT2D eigenvalue weighted by Gasteiger charge is 2.27. The van der Waals surface area contributed by atoms with Gasteiger partial charge in [-0.05, 0) is 29.7 Å². The van der Waals surface area contributed by atoms with Crippen LogP contribution in [-0.2, 0) is 24.3 Å². The number of aryl methyl sites for hydroxylation is 1. The van der Waals surface area contributed by atoms with Crippen LogP contribution in [0, 0.1) is 0 Å². The van der Waals surface area contributed by atoms with Crippen LogP contribution >= 0.6 is 0 Å². The van der Waals surface area contributed by atoms with Crippen LogP contribution in [0.3, 0.4) is 0 Å².